The number of nitrogens with one attached hydrogen (secondary N) is 1. The molecule has 1 fully saturated rings. The Labute approximate surface area is 151 Å². The van der Waals surface area contributed by atoms with Gasteiger partial charge >= 0.3 is 0 Å². The smallest absolute Gasteiger partial charge is 0.251 e. The van der Waals surface area contributed by atoms with E-state index >= 15 is 0 Å². The highest BCUT2D eigenvalue weighted by molar-refractivity contribution is 5.97. The number of amides is 2. The molecular weight excluding hydrogens is 332 g/mol. The van der Waals surface area contributed by atoms with Crippen molar-refractivity contribution in [2.45, 2.75) is 13.3 Å². The summed E-state index contributed by atoms with van der Waals surface area (Å²) in [6.07, 6.45) is 0.419. The summed E-state index contributed by atoms with van der Waals surface area (Å²) in [5.74, 6) is 1.39. The van der Waals surface area contributed by atoms with E-state index in [0.29, 0.717) is 36.6 Å². The van der Waals surface area contributed by atoms with Gasteiger partial charge < -0.3 is 19.7 Å². The van der Waals surface area contributed by atoms with Crippen LogP contribution in [0.25, 0.3) is 0 Å². The third kappa shape index (κ3) is 3.22. The number of hydrogen-bond acceptors (Lipinski definition) is 4. The van der Waals surface area contributed by atoms with E-state index in [1.165, 1.54) is 0 Å². The van der Waals surface area contributed by atoms with Gasteiger partial charge in [-0.2, -0.15) is 0 Å². The molecule has 2 aliphatic heterocycles. The second kappa shape index (κ2) is 6.71. The molecule has 0 radical (unpaired) electrons. The van der Waals surface area contributed by atoms with Gasteiger partial charge in [-0.15, -0.1) is 0 Å². The van der Waals surface area contributed by atoms with E-state index in [2.05, 4.69) is 5.32 Å². The number of hydrogen-bond donors (Lipinski definition) is 1. The number of aryl methyl sites for hydroxylation is 1. The molecule has 2 aliphatic rings. The van der Waals surface area contributed by atoms with Crippen molar-refractivity contribution < 1.29 is 19.1 Å². The number of carbonyl (C=O) groups is 2. The van der Waals surface area contributed by atoms with Crippen LogP contribution in [-0.4, -0.2) is 31.7 Å². The van der Waals surface area contributed by atoms with Crippen molar-refractivity contribution >= 4 is 17.5 Å². The first-order valence-electron chi connectivity index (χ1n) is 8.65. The number of anilines is 1. The summed E-state index contributed by atoms with van der Waals surface area (Å²) in [5.41, 5.74) is 2.48. The Kier molecular flexibility index (Phi) is 4.24. The van der Waals surface area contributed by atoms with Crippen LogP contribution < -0.4 is 19.7 Å². The first-order valence-corrected chi connectivity index (χ1v) is 8.65. The Morgan fingerprint density at radius 2 is 2.04 bits per heavy atom. The van der Waals surface area contributed by atoms with Gasteiger partial charge in [0.15, 0.2) is 11.5 Å². The number of nitrogens with zero attached hydrogens (tertiary/aromatic N) is 1. The van der Waals surface area contributed by atoms with Gasteiger partial charge in [0, 0.05) is 42.7 Å². The fourth-order valence-corrected chi connectivity index (χ4v) is 3.35. The summed E-state index contributed by atoms with van der Waals surface area (Å²) in [6.45, 7) is 3.21. The van der Waals surface area contributed by atoms with E-state index in [4.69, 9.17) is 9.47 Å². The van der Waals surface area contributed by atoms with Crippen LogP contribution in [0, 0.1) is 12.8 Å². The summed E-state index contributed by atoms with van der Waals surface area (Å²) in [7, 11) is 0. The third-order valence-corrected chi connectivity index (χ3v) is 4.70. The molecule has 6 heteroatoms. The molecule has 4 rings (SSSR count). The predicted octanol–water partition coefficient (Wildman–Crippen LogP) is 2.51. The molecule has 2 aromatic carbocycles. The van der Waals surface area contributed by atoms with Crippen LogP contribution in [0.15, 0.2) is 42.5 Å². The van der Waals surface area contributed by atoms with Gasteiger partial charge in [-0.05, 0) is 31.2 Å². The molecule has 6 nitrogen and oxygen atoms in total. The molecule has 2 heterocycles. The van der Waals surface area contributed by atoms with Gasteiger partial charge in [-0.25, -0.2) is 0 Å². The zero-order chi connectivity index (χ0) is 18.1. The number of ether oxygens (including phenoxy) is 2. The van der Waals surface area contributed by atoms with E-state index in [1.54, 1.807) is 11.0 Å². The van der Waals surface area contributed by atoms with E-state index in [-0.39, 0.29) is 24.5 Å². The van der Waals surface area contributed by atoms with Crippen molar-refractivity contribution in [1.29, 1.82) is 0 Å². The molecule has 0 bridgehead atoms. The summed E-state index contributed by atoms with van der Waals surface area (Å²) in [6, 6.07) is 13.0. The summed E-state index contributed by atoms with van der Waals surface area (Å²) < 4.78 is 10.7. The number of rotatable bonds is 4. The zero-order valence-electron chi connectivity index (χ0n) is 14.5. The van der Waals surface area contributed by atoms with Gasteiger partial charge in [0.1, 0.15) is 0 Å². The van der Waals surface area contributed by atoms with Crippen molar-refractivity contribution in [3.8, 4) is 11.5 Å². The second-order valence-corrected chi connectivity index (χ2v) is 6.69. The summed E-state index contributed by atoms with van der Waals surface area (Å²) in [5, 5.41) is 2.94. The molecule has 134 valence electrons. The summed E-state index contributed by atoms with van der Waals surface area (Å²) in [4.78, 5) is 26.4. The van der Waals surface area contributed by atoms with Crippen LogP contribution in [0.3, 0.4) is 0 Å². The molecule has 2 amide bonds. The lowest BCUT2D eigenvalue weighted by atomic mass is 10.1. The van der Waals surface area contributed by atoms with Crippen LogP contribution in [0.2, 0.25) is 0 Å². The van der Waals surface area contributed by atoms with Crippen LogP contribution >= 0.6 is 0 Å². The largest absolute Gasteiger partial charge is 0.454 e. The number of fused-ring (bicyclic) bond motifs is 1. The maximum absolute atomic E-state index is 12.4. The van der Waals surface area contributed by atoms with Crippen molar-refractivity contribution in [1.82, 2.24) is 5.32 Å². The number of carbonyl (C=O) groups excluding carboxylic acids is 2. The van der Waals surface area contributed by atoms with Crippen molar-refractivity contribution in [3.05, 3.63) is 53.6 Å². The van der Waals surface area contributed by atoms with Gasteiger partial charge in [-0.1, -0.05) is 17.7 Å². The lowest BCUT2D eigenvalue weighted by Crippen LogP contribution is -2.31. The predicted molar refractivity (Wildman–Crippen MR) is 96.5 cm³/mol. The van der Waals surface area contributed by atoms with Crippen molar-refractivity contribution in [2.75, 3.05) is 24.8 Å². The second-order valence-electron chi connectivity index (χ2n) is 6.69. The Hall–Kier alpha value is -3.02. The first kappa shape index (κ1) is 16.4. The molecule has 0 aliphatic carbocycles. The maximum atomic E-state index is 12.4. The monoisotopic (exact) mass is 352 g/mol. The highest BCUT2D eigenvalue weighted by atomic mass is 16.7. The van der Waals surface area contributed by atoms with E-state index in [1.807, 2.05) is 43.3 Å². The normalized spacial score (nSPS) is 18.3. The average molecular weight is 352 g/mol. The quantitative estimate of drug-likeness (QED) is 0.918. The molecule has 1 saturated heterocycles. The van der Waals surface area contributed by atoms with Crippen LogP contribution in [0.4, 0.5) is 5.69 Å². The molecule has 2 aromatic rings. The standard InChI is InChI=1S/C20H20N2O4/c1-13-3-2-4-15(7-13)20(24)21-10-14-8-19(23)22(11-14)16-5-6-17-18(9-16)26-12-25-17/h2-7,9,14H,8,10-12H2,1H3,(H,21,24)/t14-/m1/s1. The van der Waals surface area contributed by atoms with Crippen molar-refractivity contribution in [3.63, 3.8) is 0 Å². The van der Waals surface area contributed by atoms with Gasteiger partial charge in [-0.3, -0.25) is 9.59 Å². The topological polar surface area (TPSA) is 67.9 Å². The average Bonchev–Trinajstić information content (AvgIpc) is 3.25. The fourth-order valence-electron chi connectivity index (χ4n) is 3.35. The fraction of sp³-hybridized carbons (Fsp3) is 0.300. The molecule has 0 unspecified atom stereocenters. The zero-order valence-corrected chi connectivity index (χ0v) is 14.5. The minimum atomic E-state index is -0.109. The molecule has 1 atom stereocenters. The molecule has 0 saturated carbocycles. The molecule has 0 aromatic heterocycles. The van der Waals surface area contributed by atoms with Gasteiger partial charge in [0.25, 0.3) is 5.91 Å². The maximum Gasteiger partial charge on any atom is 0.251 e. The Bertz CT molecular complexity index is 865. The van der Waals surface area contributed by atoms with E-state index in [0.717, 1.165) is 11.3 Å². The van der Waals surface area contributed by atoms with Crippen molar-refractivity contribution in [2.24, 2.45) is 5.92 Å². The minimum Gasteiger partial charge on any atom is -0.454 e. The highest BCUT2D eigenvalue weighted by Gasteiger charge is 2.31. The SMILES string of the molecule is Cc1cccc(C(=O)NC[C@H]2CC(=O)N(c3ccc4c(c3)OCO4)C2)c1. The lowest BCUT2D eigenvalue weighted by molar-refractivity contribution is -0.117. The van der Waals surface area contributed by atoms with Gasteiger partial charge in [0.2, 0.25) is 12.7 Å². The molecule has 26 heavy (non-hydrogen) atoms. The Morgan fingerprint density at radius 1 is 1.19 bits per heavy atom. The molecule has 1 N–H and O–H groups in total. The lowest BCUT2D eigenvalue weighted by Gasteiger charge is -2.17. The number of benzene rings is 2. The Morgan fingerprint density at radius 3 is 2.88 bits per heavy atom. The minimum absolute atomic E-state index is 0.0543. The van der Waals surface area contributed by atoms with E-state index < -0.39 is 0 Å². The van der Waals surface area contributed by atoms with Crippen LogP contribution in [0.5, 0.6) is 11.5 Å². The van der Waals surface area contributed by atoms with Crippen LogP contribution in [0.1, 0.15) is 22.3 Å². The Balaban J connectivity index is 1.38. The molecule has 0 spiro atoms. The van der Waals surface area contributed by atoms with E-state index in [9.17, 15) is 9.59 Å². The van der Waals surface area contributed by atoms with Gasteiger partial charge in [0.05, 0.1) is 0 Å². The highest BCUT2D eigenvalue weighted by Crippen LogP contribution is 2.37. The third-order valence-electron chi connectivity index (χ3n) is 4.70. The summed E-state index contributed by atoms with van der Waals surface area (Å²) >= 11 is 0. The first-order chi connectivity index (χ1) is 12.6. The molecular formula is C20H20N2O4. The van der Waals surface area contributed by atoms with Crippen LogP contribution in [-0.2, 0) is 4.79 Å².